The van der Waals surface area contributed by atoms with Crippen LogP contribution in [0.2, 0.25) is 0 Å². The van der Waals surface area contributed by atoms with E-state index in [0.717, 1.165) is 11.3 Å². The monoisotopic (exact) mass is 294 g/mol. The first-order chi connectivity index (χ1) is 7.78. The average molecular weight is 294 g/mol. The van der Waals surface area contributed by atoms with Crippen molar-refractivity contribution < 1.29 is 22.8 Å². The Bertz CT molecular complexity index is 671. The second-order valence-electron chi connectivity index (χ2n) is 3.09. The zero-order valence-corrected chi connectivity index (χ0v) is 10.7. The molecule has 0 aliphatic carbocycles. The van der Waals surface area contributed by atoms with Crippen LogP contribution in [0.1, 0.15) is 0 Å². The molecule has 0 saturated heterocycles. The molecule has 1 aromatic heterocycles. The van der Waals surface area contributed by atoms with E-state index >= 15 is 0 Å². The number of fused-ring (bicyclic) bond motifs is 1. The number of nitrogens with one attached hydrogen (secondary N) is 1. The molecule has 3 N–H and O–H groups in total. The van der Waals surface area contributed by atoms with Crippen LogP contribution in [-0.4, -0.2) is 23.2 Å². The second kappa shape index (κ2) is 4.13. The van der Waals surface area contributed by atoms with Crippen LogP contribution >= 0.6 is 19.1 Å². The van der Waals surface area contributed by atoms with Crippen molar-refractivity contribution in [3.05, 3.63) is 24.3 Å². The van der Waals surface area contributed by atoms with E-state index in [1.165, 1.54) is 4.49 Å². The Morgan fingerprint density at radius 3 is 2.53 bits per heavy atom. The molecule has 0 unspecified atom stereocenters. The van der Waals surface area contributed by atoms with Gasteiger partial charge in [-0.05, 0) is 12.1 Å². The molecule has 0 radical (unpaired) electrons. The summed E-state index contributed by atoms with van der Waals surface area (Å²) in [4.78, 5) is 21.0. The standard InChI is InChI=1S/C7H7N2O5PS2/c10-15(11,12)9-17(13,14)7-8-5-3-1-2-4-6(5)16-7/h1-4H,(H3,9,10,11,12). The van der Waals surface area contributed by atoms with Crippen LogP contribution in [-0.2, 0) is 14.6 Å². The highest BCUT2D eigenvalue weighted by molar-refractivity contribution is 7.96. The molecule has 10 heteroatoms. The number of benzene rings is 1. The highest BCUT2D eigenvalue weighted by atomic mass is 32.3. The lowest BCUT2D eigenvalue weighted by atomic mass is 10.3. The van der Waals surface area contributed by atoms with Crippen LogP contribution in [0.5, 0.6) is 0 Å². The Kier molecular flexibility index (Phi) is 3.06. The number of aromatic nitrogens is 1. The van der Waals surface area contributed by atoms with Gasteiger partial charge in [-0.25, -0.2) is 18.0 Å². The fraction of sp³-hybridized carbons (Fsp3) is 0. The Morgan fingerprint density at radius 1 is 1.29 bits per heavy atom. The molecule has 0 amide bonds. The van der Waals surface area contributed by atoms with Gasteiger partial charge in [0.25, 0.3) is 10.0 Å². The van der Waals surface area contributed by atoms with Gasteiger partial charge in [0.1, 0.15) is 0 Å². The topological polar surface area (TPSA) is 117 Å². The quantitative estimate of drug-likeness (QED) is 0.716. The molecule has 0 saturated carbocycles. The molecular weight excluding hydrogens is 287 g/mol. The maximum atomic E-state index is 11.6. The molecule has 1 heterocycles. The first-order valence-electron chi connectivity index (χ1n) is 4.23. The number of para-hydroxylation sites is 1. The predicted molar refractivity (Wildman–Crippen MR) is 62.0 cm³/mol. The van der Waals surface area contributed by atoms with Gasteiger partial charge in [0.15, 0.2) is 0 Å². The van der Waals surface area contributed by atoms with Crippen molar-refractivity contribution in [1.29, 1.82) is 0 Å². The molecule has 0 aliphatic heterocycles. The predicted octanol–water partition coefficient (Wildman–Crippen LogP) is 0.667. The molecule has 2 rings (SSSR count). The number of hydrogen-bond acceptors (Lipinski definition) is 5. The van der Waals surface area contributed by atoms with Crippen molar-refractivity contribution >= 4 is 39.3 Å². The van der Waals surface area contributed by atoms with Crippen LogP contribution in [0.25, 0.3) is 10.2 Å². The zero-order chi connectivity index (χ0) is 12.7. The summed E-state index contributed by atoms with van der Waals surface area (Å²) < 4.78 is 35.3. The molecule has 0 atom stereocenters. The van der Waals surface area contributed by atoms with Crippen molar-refractivity contribution in [3.8, 4) is 0 Å². The second-order valence-corrected chi connectivity index (χ2v) is 7.59. The number of thiazole rings is 1. The van der Waals surface area contributed by atoms with Crippen LogP contribution in [0.3, 0.4) is 0 Å². The summed E-state index contributed by atoms with van der Waals surface area (Å²) in [5.41, 5.74) is 0.462. The lowest BCUT2D eigenvalue weighted by molar-refractivity contribution is 0.368. The molecule has 2 aromatic rings. The van der Waals surface area contributed by atoms with Crippen molar-refractivity contribution in [2.75, 3.05) is 0 Å². The number of rotatable bonds is 3. The smallest absolute Gasteiger partial charge is 0.312 e. The molecule has 0 aliphatic rings. The highest BCUT2D eigenvalue weighted by Crippen LogP contribution is 2.33. The number of nitrogens with zero attached hydrogens (tertiary/aromatic N) is 1. The largest absolute Gasteiger partial charge is 0.414 e. The van der Waals surface area contributed by atoms with E-state index in [1.54, 1.807) is 24.3 Å². The average Bonchev–Trinajstić information content (AvgIpc) is 2.57. The molecule has 0 spiro atoms. The van der Waals surface area contributed by atoms with Gasteiger partial charge < -0.3 is 9.79 Å². The maximum absolute atomic E-state index is 11.6. The van der Waals surface area contributed by atoms with Crippen LogP contribution in [0.4, 0.5) is 0 Å². The van der Waals surface area contributed by atoms with E-state index in [1.807, 2.05) is 0 Å². The molecule has 0 bridgehead atoms. The van der Waals surface area contributed by atoms with Crippen molar-refractivity contribution in [3.63, 3.8) is 0 Å². The Labute approximate surface area is 100 Å². The van der Waals surface area contributed by atoms with Gasteiger partial charge in [-0.2, -0.15) is 0 Å². The SMILES string of the molecule is O=P(O)(O)NS(=O)(=O)c1nc2ccccc2s1. The lowest BCUT2D eigenvalue weighted by Gasteiger charge is -2.03. The normalized spacial score (nSPS) is 13.1. The Hall–Kier alpha value is -0.830. The first-order valence-corrected chi connectivity index (χ1v) is 8.14. The Morgan fingerprint density at radius 2 is 1.94 bits per heavy atom. The van der Waals surface area contributed by atoms with Gasteiger partial charge in [-0.15, -0.1) is 15.8 Å². The fourth-order valence-corrected chi connectivity index (χ4v) is 4.69. The van der Waals surface area contributed by atoms with Crippen LogP contribution in [0, 0.1) is 0 Å². The van der Waals surface area contributed by atoms with Crippen molar-refractivity contribution in [2.24, 2.45) is 0 Å². The third-order valence-electron chi connectivity index (χ3n) is 1.74. The lowest BCUT2D eigenvalue weighted by Crippen LogP contribution is -2.20. The Balaban J connectivity index is 2.50. The van der Waals surface area contributed by atoms with Gasteiger partial charge >= 0.3 is 7.75 Å². The summed E-state index contributed by atoms with van der Waals surface area (Å²) in [6.45, 7) is 0. The van der Waals surface area contributed by atoms with E-state index in [2.05, 4.69) is 4.98 Å². The third kappa shape index (κ3) is 2.89. The van der Waals surface area contributed by atoms with Gasteiger partial charge in [0.2, 0.25) is 4.34 Å². The van der Waals surface area contributed by atoms with Gasteiger partial charge in [0, 0.05) is 0 Å². The van der Waals surface area contributed by atoms with E-state index in [-0.39, 0.29) is 4.34 Å². The number of sulfonamides is 1. The molecule has 17 heavy (non-hydrogen) atoms. The van der Waals surface area contributed by atoms with Gasteiger partial charge in [-0.1, -0.05) is 12.1 Å². The molecule has 92 valence electrons. The molecular formula is C7H7N2O5PS2. The summed E-state index contributed by atoms with van der Waals surface area (Å²) in [5.74, 6) is 0. The van der Waals surface area contributed by atoms with E-state index in [9.17, 15) is 13.0 Å². The van der Waals surface area contributed by atoms with E-state index in [0.29, 0.717) is 10.2 Å². The van der Waals surface area contributed by atoms with Crippen molar-refractivity contribution in [1.82, 2.24) is 9.48 Å². The summed E-state index contributed by atoms with van der Waals surface area (Å²) >= 11 is 0.840. The van der Waals surface area contributed by atoms with E-state index < -0.39 is 17.8 Å². The fourth-order valence-electron chi connectivity index (χ4n) is 1.16. The van der Waals surface area contributed by atoms with E-state index in [4.69, 9.17) is 9.79 Å². The zero-order valence-electron chi connectivity index (χ0n) is 8.14. The summed E-state index contributed by atoms with van der Waals surface area (Å²) in [7, 11) is -9.15. The van der Waals surface area contributed by atoms with Gasteiger partial charge in [-0.3, -0.25) is 0 Å². The molecule has 7 nitrogen and oxygen atoms in total. The van der Waals surface area contributed by atoms with Crippen molar-refractivity contribution in [2.45, 2.75) is 4.34 Å². The highest BCUT2D eigenvalue weighted by Gasteiger charge is 2.27. The molecule has 0 fully saturated rings. The summed E-state index contributed by atoms with van der Waals surface area (Å²) in [6, 6.07) is 6.69. The first kappa shape index (κ1) is 12.6. The van der Waals surface area contributed by atoms with Crippen LogP contribution < -0.4 is 4.49 Å². The minimum absolute atomic E-state index is 0.373. The number of hydrogen-bond donors (Lipinski definition) is 3. The van der Waals surface area contributed by atoms with Gasteiger partial charge in [0.05, 0.1) is 10.2 Å². The third-order valence-corrected chi connectivity index (χ3v) is 5.95. The minimum Gasteiger partial charge on any atom is -0.312 e. The maximum Gasteiger partial charge on any atom is 0.414 e. The summed E-state index contributed by atoms with van der Waals surface area (Å²) in [6.07, 6.45) is 0. The minimum atomic E-state index is -4.87. The summed E-state index contributed by atoms with van der Waals surface area (Å²) in [5, 5.41) is 0. The van der Waals surface area contributed by atoms with Crippen LogP contribution in [0.15, 0.2) is 28.6 Å². The molecule has 1 aromatic carbocycles.